The third-order valence-electron chi connectivity index (χ3n) is 3.63. The summed E-state index contributed by atoms with van der Waals surface area (Å²) in [6.45, 7) is 2.21. The molecule has 0 radical (unpaired) electrons. The lowest BCUT2D eigenvalue weighted by Gasteiger charge is -2.34. The molecule has 1 fully saturated rings. The standard InChI is InChI=1S/C13H24N2O4/c1-2-15(10-6-4-3-5-7-10)13(19)14-11(8-9-16)12(17)18/h10-11,16H,2-9H2,1H3,(H,14,19)(H,17,18)/t11-/m1/s1. The van der Waals surface area contributed by atoms with E-state index >= 15 is 0 Å². The van der Waals surface area contributed by atoms with E-state index in [1.807, 2.05) is 6.92 Å². The van der Waals surface area contributed by atoms with Crippen LogP contribution in [0.25, 0.3) is 0 Å². The summed E-state index contributed by atoms with van der Waals surface area (Å²) in [5.74, 6) is -1.11. The van der Waals surface area contributed by atoms with Crippen LogP contribution in [-0.2, 0) is 4.79 Å². The molecule has 1 saturated carbocycles. The van der Waals surface area contributed by atoms with E-state index in [-0.39, 0.29) is 25.1 Å². The first kappa shape index (κ1) is 15.8. The minimum Gasteiger partial charge on any atom is -0.480 e. The molecule has 0 aromatic rings. The van der Waals surface area contributed by atoms with Gasteiger partial charge in [-0.2, -0.15) is 0 Å². The fourth-order valence-corrected chi connectivity index (χ4v) is 2.58. The van der Waals surface area contributed by atoms with Crippen molar-refractivity contribution in [3.63, 3.8) is 0 Å². The number of hydrogen-bond acceptors (Lipinski definition) is 3. The predicted molar refractivity (Wildman–Crippen MR) is 70.9 cm³/mol. The lowest BCUT2D eigenvalue weighted by atomic mass is 9.94. The number of amides is 2. The Morgan fingerprint density at radius 3 is 2.42 bits per heavy atom. The normalized spacial score (nSPS) is 17.8. The molecule has 0 bridgehead atoms. The van der Waals surface area contributed by atoms with Crippen LogP contribution >= 0.6 is 0 Å². The molecular weight excluding hydrogens is 248 g/mol. The number of nitrogens with zero attached hydrogens (tertiary/aromatic N) is 1. The Labute approximate surface area is 113 Å². The van der Waals surface area contributed by atoms with Crippen molar-refractivity contribution in [2.24, 2.45) is 0 Å². The summed E-state index contributed by atoms with van der Waals surface area (Å²) in [7, 11) is 0. The van der Waals surface area contributed by atoms with Gasteiger partial charge in [-0.3, -0.25) is 0 Å². The maximum Gasteiger partial charge on any atom is 0.326 e. The molecule has 110 valence electrons. The molecule has 19 heavy (non-hydrogen) atoms. The quantitative estimate of drug-likeness (QED) is 0.677. The zero-order chi connectivity index (χ0) is 14.3. The number of carbonyl (C=O) groups excluding carboxylic acids is 1. The van der Waals surface area contributed by atoms with Crippen molar-refractivity contribution < 1.29 is 19.8 Å². The lowest BCUT2D eigenvalue weighted by molar-refractivity contribution is -0.139. The number of aliphatic hydroxyl groups excluding tert-OH is 1. The van der Waals surface area contributed by atoms with Gasteiger partial charge in [0.1, 0.15) is 6.04 Å². The molecule has 0 aliphatic heterocycles. The average molecular weight is 272 g/mol. The van der Waals surface area contributed by atoms with Crippen molar-refractivity contribution >= 4 is 12.0 Å². The van der Waals surface area contributed by atoms with Crippen LogP contribution in [0.2, 0.25) is 0 Å². The van der Waals surface area contributed by atoms with Gasteiger partial charge >= 0.3 is 12.0 Å². The van der Waals surface area contributed by atoms with Crippen LogP contribution in [0.15, 0.2) is 0 Å². The first-order valence-corrected chi connectivity index (χ1v) is 7.01. The van der Waals surface area contributed by atoms with Gasteiger partial charge in [0.25, 0.3) is 0 Å². The predicted octanol–water partition coefficient (Wildman–Crippen LogP) is 1.19. The van der Waals surface area contributed by atoms with Gasteiger partial charge < -0.3 is 20.4 Å². The van der Waals surface area contributed by atoms with Gasteiger partial charge in [0.15, 0.2) is 0 Å². The van der Waals surface area contributed by atoms with E-state index in [2.05, 4.69) is 5.32 Å². The number of hydrogen-bond donors (Lipinski definition) is 3. The van der Waals surface area contributed by atoms with Gasteiger partial charge in [-0.25, -0.2) is 9.59 Å². The number of carboxylic acids is 1. The highest BCUT2D eigenvalue weighted by atomic mass is 16.4. The molecule has 1 aliphatic rings. The van der Waals surface area contributed by atoms with Gasteiger partial charge in [-0.05, 0) is 19.8 Å². The zero-order valence-electron chi connectivity index (χ0n) is 11.5. The molecule has 0 aromatic carbocycles. The van der Waals surface area contributed by atoms with Crippen LogP contribution in [-0.4, -0.2) is 52.3 Å². The van der Waals surface area contributed by atoms with Crippen LogP contribution in [0.3, 0.4) is 0 Å². The molecule has 1 rings (SSSR count). The van der Waals surface area contributed by atoms with Gasteiger partial charge in [0.2, 0.25) is 0 Å². The average Bonchev–Trinajstić information content (AvgIpc) is 2.40. The van der Waals surface area contributed by atoms with Gasteiger partial charge in [0, 0.05) is 25.6 Å². The fourth-order valence-electron chi connectivity index (χ4n) is 2.58. The number of aliphatic hydroxyl groups is 1. The number of aliphatic carboxylic acids is 1. The molecular formula is C13H24N2O4. The first-order chi connectivity index (χ1) is 9.10. The van der Waals surface area contributed by atoms with Crippen molar-refractivity contribution in [1.82, 2.24) is 10.2 Å². The summed E-state index contributed by atoms with van der Waals surface area (Å²) in [5, 5.41) is 20.3. The second-order valence-corrected chi connectivity index (χ2v) is 4.93. The van der Waals surface area contributed by atoms with Crippen LogP contribution in [0.5, 0.6) is 0 Å². The number of carbonyl (C=O) groups is 2. The number of nitrogens with one attached hydrogen (secondary N) is 1. The van der Waals surface area contributed by atoms with Crippen LogP contribution in [0.4, 0.5) is 4.79 Å². The van der Waals surface area contributed by atoms with Gasteiger partial charge in [0.05, 0.1) is 0 Å². The Kier molecular flexibility index (Phi) is 6.62. The second kappa shape index (κ2) is 7.99. The van der Waals surface area contributed by atoms with Crippen molar-refractivity contribution in [2.75, 3.05) is 13.2 Å². The maximum absolute atomic E-state index is 12.1. The SMILES string of the molecule is CCN(C(=O)N[C@H](CCO)C(=O)O)C1CCCCC1. The van der Waals surface area contributed by atoms with Gasteiger partial charge in [-0.1, -0.05) is 19.3 Å². The molecule has 0 saturated heterocycles. The molecule has 0 heterocycles. The minimum absolute atomic E-state index is 0.0310. The molecule has 3 N–H and O–H groups in total. The number of rotatable bonds is 6. The zero-order valence-corrected chi connectivity index (χ0v) is 11.5. The first-order valence-electron chi connectivity index (χ1n) is 7.01. The highest BCUT2D eigenvalue weighted by molar-refractivity contribution is 5.82. The molecule has 2 amide bonds. The molecule has 6 heteroatoms. The van der Waals surface area contributed by atoms with Gasteiger partial charge in [-0.15, -0.1) is 0 Å². The third-order valence-corrected chi connectivity index (χ3v) is 3.63. The van der Waals surface area contributed by atoms with E-state index < -0.39 is 12.0 Å². The van der Waals surface area contributed by atoms with Crippen molar-refractivity contribution in [3.05, 3.63) is 0 Å². The van der Waals surface area contributed by atoms with Crippen LogP contribution < -0.4 is 5.32 Å². The Morgan fingerprint density at radius 1 is 1.32 bits per heavy atom. The molecule has 0 unspecified atom stereocenters. The van der Waals surface area contributed by atoms with E-state index in [4.69, 9.17) is 10.2 Å². The Balaban J connectivity index is 2.58. The summed E-state index contributed by atoms with van der Waals surface area (Å²) < 4.78 is 0. The minimum atomic E-state index is -1.11. The largest absolute Gasteiger partial charge is 0.480 e. The van der Waals surface area contributed by atoms with E-state index in [1.165, 1.54) is 6.42 Å². The highest BCUT2D eigenvalue weighted by Gasteiger charge is 2.27. The van der Waals surface area contributed by atoms with E-state index in [9.17, 15) is 9.59 Å². The van der Waals surface area contributed by atoms with E-state index in [0.29, 0.717) is 6.54 Å². The second-order valence-electron chi connectivity index (χ2n) is 4.93. The Bertz CT molecular complexity index is 303. The van der Waals surface area contributed by atoms with Crippen molar-refractivity contribution in [1.29, 1.82) is 0 Å². The summed E-state index contributed by atoms with van der Waals surface area (Å²) in [4.78, 5) is 24.8. The number of urea groups is 1. The fraction of sp³-hybridized carbons (Fsp3) is 0.846. The lowest BCUT2D eigenvalue weighted by Crippen LogP contribution is -2.51. The monoisotopic (exact) mass is 272 g/mol. The molecule has 1 atom stereocenters. The number of carboxylic acid groups (broad SMARTS) is 1. The third kappa shape index (κ3) is 4.70. The smallest absolute Gasteiger partial charge is 0.326 e. The molecule has 0 aromatic heterocycles. The molecule has 0 spiro atoms. The maximum atomic E-state index is 12.1. The summed E-state index contributed by atoms with van der Waals surface area (Å²) in [6, 6.07) is -1.15. The Morgan fingerprint density at radius 2 is 1.95 bits per heavy atom. The van der Waals surface area contributed by atoms with Crippen LogP contribution in [0, 0.1) is 0 Å². The highest BCUT2D eigenvalue weighted by Crippen LogP contribution is 2.22. The summed E-state index contributed by atoms with van der Waals surface area (Å²) >= 11 is 0. The van der Waals surface area contributed by atoms with E-state index in [0.717, 1.165) is 25.7 Å². The van der Waals surface area contributed by atoms with Crippen LogP contribution in [0.1, 0.15) is 45.4 Å². The van der Waals surface area contributed by atoms with Crippen molar-refractivity contribution in [2.45, 2.75) is 57.5 Å². The van der Waals surface area contributed by atoms with E-state index in [1.54, 1.807) is 4.90 Å². The summed E-state index contributed by atoms with van der Waals surface area (Å²) in [5.41, 5.74) is 0. The molecule has 6 nitrogen and oxygen atoms in total. The Hall–Kier alpha value is -1.30. The topological polar surface area (TPSA) is 89.9 Å². The summed E-state index contributed by atoms with van der Waals surface area (Å²) in [6.07, 6.45) is 5.44. The molecule has 1 aliphatic carbocycles. The van der Waals surface area contributed by atoms with Crippen molar-refractivity contribution in [3.8, 4) is 0 Å².